The van der Waals surface area contributed by atoms with Gasteiger partial charge < -0.3 is 9.67 Å². The van der Waals surface area contributed by atoms with Crippen LogP contribution in [-0.2, 0) is 0 Å². The van der Waals surface area contributed by atoms with Crippen molar-refractivity contribution in [2.24, 2.45) is 0 Å². The van der Waals surface area contributed by atoms with Crippen LogP contribution in [0.1, 0.15) is 16.1 Å². The van der Waals surface area contributed by atoms with Crippen molar-refractivity contribution in [2.45, 2.75) is 4.90 Å². The van der Waals surface area contributed by atoms with Crippen molar-refractivity contribution in [3.8, 4) is 11.8 Å². The molecule has 1 aromatic heterocycles. The molecule has 1 heterocycles. The lowest BCUT2D eigenvalue weighted by atomic mass is 10.1. The topological polar surface area (TPSA) is 66.0 Å². The van der Waals surface area contributed by atoms with Crippen LogP contribution < -0.4 is 0 Å². The van der Waals surface area contributed by atoms with Crippen molar-refractivity contribution in [2.75, 3.05) is 6.26 Å². The number of carboxylic acid groups (broad SMARTS) is 1. The van der Waals surface area contributed by atoms with Crippen molar-refractivity contribution in [1.82, 2.24) is 4.57 Å². The SMILES string of the molecule is CSc1cccc(-n2cccc2C#N)c1C(=O)O. The molecule has 0 spiro atoms. The van der Waals surface area contributed by atoms with Crippen LogP contribution in [0.25, 0.3) is 5.69 Å². The van der Waals surface area contributed by atoms with E-state index in [-0.39, 0.29) is 5.56 Å². The fourth-order valence-electron chi connectivity index (χ4n) is 1.79. The lowest BCUT2D eigenvalue weighted by Gasteiger charge is -2.11. The zero-order valence-electron chi connectivity index (χ0n) is 9.62. The minimum absolute atomic E-state index is 0.220. The van der Waals surface area contributed by atoms with Crippen molar-refractivity contribution in [3.05, 3.63) is 47.8 Å². The summed E-state index contributed by atoms with van der Waals surface area (Å²) in [5, 5.41) is 18.3. The summed E-state index contributed by atoms with van der Waals surface area (Å²) in [4.78, 5) is 12.1. The maximum absolute atomic E-state index is 11.4. The highest BCUT2D eigenvalue weighted by Crippen LogP contribution is 2.27. The van der Waals surface area contributed by atoms with E-state index in [1.807, 2.05) is 12.3 Å². The van der Waals surface area contributed by atoms with Crippen molar-refractivity contribution in [3.63, 3.8) is 0 Å². The Hall–Kier alpha value is -2.19. The Labute approximate surface area is 108 Å². The highest BCUT2D eigenvalue weighted by atomic mass is 32.2. The maximum atomic E-state index is 11.4. The van der Waals surface area contributed by atoms with E-state index in [1.54, 1.807) is 41.1 Å². The molecule has 0 aliphatic heterocycles. The van der Waals surface area contributed by atoms with Crippen molar-refractivity contribution in [1.29, 1.82) is 5.26 Å². The van der Waals surface area contributed by atoms with Gasteiger partial charge >= 0.3 is 5.97 Å². The van der Waals surface area contributed by atoms with E-state index < -0.39 is 5.97 Å². The lowest BCUT2D eigenvalue weighted by Crippen LogP contribution is -2.07. The molecule has 0 unspecified atom stereocenters. The first kappa shape index (κ1) is 12.3. The summed E-state index contributed by atoms with van der Waals surface area (Å²) in [6, 6.07) is 10.7. The summed E-state index contributed by atoms with van der Waals surface area (Å²) < 4.78 is 1.59. The van der Waals surface area contributed by atoms with Gasteiger partial charge in [0.2, 0.25) is 0 Å². The largest absolute Gasteiger partial charge is 0.478 e. The van der Waals surface area contributed by atoms with Gasteiger partial charge in [-0.1, -0.05) is 6.07 Å². The summed E-state index contributed by atoms with van der Waals surface area (Å²) in [7, 11) is 0. The molecule has 1 N–H and O–H groups in total. The molecule has 0 bridgehead atoms. The van der Waals surface area contributed by atoms with Gasteiger partial charge in [-0.05, 0) is 30.5 Å². The lowest BCUT2D eigenvalue weighted by molar-refractivity contribution is 0.0693. The molecule has 0 amide bonds. The number of aromatic carboxylic acids is 1. The predicted molar refractivity (Wildman–Crippen MR) is 69.2 cm³/mol. The van der Waals surface area contributed by atoms with Gasteiger partial charge in [-0.15, -0.1) is 11.8 Å². The van der Waals surface area contributed by atoms with Crippen LogP contribution in [0.15, 0.2) is 41.4 Å². The molecule has 0 aliphatic carbocycles. The molecule has 0 aliphatic rings. The highest BCUT2D eigenvalue weighted by molar-refractivity contribution is 7.98. The summed E-state index contributed by atoms with van der Waals surface area (Å²) in [5.41, 5.74) is 1.14. The third-order valence-electron chi connectivity index (χ3n) is 2.56. The third kappa shape index (κ3) is 1.98. The Morgan fingerprint density at radius 2 is 2.17 bits per heavy atom. The van der Waals surface area contributed by atoms with Crippen LogP contribution in [0, 0.1) is 11.3 Å². The molecule has 0 radical (unpaired) electrons. The minimum Gasteiger partial charge on any atom is -0.478 e. The molecular formula is C13H10N2O2S. The molecule has 4 nitrogen and oxygen atoms in total. The van der Waals surface area contributed by atoms with E-state index in [2.05, 4.69) is 0 Å². The summed E-state index contributed by atoms with van der Waals surface area (Å²) in [5.74, 6) is -0.993. The molecule has 18 heavy (non-hydrogen) atoms. The van der Waals surface area contributed by atoms with Crippen LogP contribution >= 0.6 is 11.8 Å². The van der Waals surface area contributed by atoms with E-state index in [0.29, 0.717) is 16.3 Å². The number of thioether (sulfide) groups is 1. The second-order valence-corrected chi connectivity index (χ2v) is 4.38. The number of aromatic nitrogens is 1. The molecule has 2 aromatic rings. The van der Waals surface area contributed by atoms with E-state index >= 15 is 0 Å². The van der Waals surface area contributed by atoms with Crippen LogP contribution in [0.5, 0.6) is 0 Å². The first-order chi connectivity index (χ1) is 8.69. The monoisotopic (exact) mass is 258 g/mol. The van der Waals surface area contributed by atoms with Crippen LogP contribution in [0.3, 0.4) is 0 Å². The second-order valence-electron chi connectivity index (χ2n) is 3.53. The van der Waals surface area contributed by atoms with Crippen LogP contribution in [-0.4, -0.2) is 21.9 Å². The number of hydrogen-bond donors (Lipinski definition) is 1. The maximum Gasteiger partial charge on any atom is 0.338 e. The van der Waals surface area contributed by atoms with Gasteiger partial charge in [-0.25, -0.2) is 4.79 Å². The molecule has 5 heteroatoms. The van der Waals surface area contributed by atoms with E-state index in [1.165, 1.54) is 11.8 Å². The molecule has 90 valence electrons. The first-order valence-corrected chi connectivity index (χ1v) is 6.39. The molecule has 0 saturated carbocycles. The van der Waals surface area contributed by atoms with Crippen molar-refractivity contribution >= 4 is 17.7 Å². The van der Waals surface area contributed by atoms with Gasteiger partial charge in [0.1, 0.15) is 11.8 Å². The fraction of sp³-hybridized carbons (Fsp3) is 0.0769. The number of nitriles is 1. The van der Waals surface area contributed by atoms with E-state index in [0.717, 1.165) is 0 Å². The summed E-state index contributed by atoms with van der Waals surface area (Å²) in [6.07, 6.45) is 3.51. The number of rotatable bonds is 3. The second kappa shape index (κ2) is 4.98. The van der Waals surface area contributed by atoms with Gasteiger partial charge in [-0.2, -0.15) is 5.26 Å². The Bertz CT molecular complexity index is 641. The number of carbonyl (C=O) groups is 1. The standard InChI is InChI=1S/C13H10N2O2S/c1-18-11-6-2-5-10(12(11)13(16)17)15-7-3-4-9(15)8-14/h2-7H,1H3,(H,16,17). The smallest absolute Gasteiger partial charge is 0.338 e. The Morgan fingerprint density at radius 3 is 2.78 bits per heavy atom. The summed E-state index contributed by atoms with van der Waals surface area (Å²) in [6.45, 7) is 0. The molecule has 0 atom stereocenters. The van der Waals surface area contributed by atoms with Gasteiger partial charge in [-0.3, -0.25) is 0 Å². The molecule has 0 saturated heterocycles. The molecular weight excluding hydrogens is 248 g/mol. The predicted octanol–water partition coefficient (Wildman–Crippen LogP) is 2.77. The first-order valence-electron chi connectivity index (χ1n) is 5.17. The average molecular weight is 258 g/mol. The average Bonchev–Trinajstić information content (AvgIpc) is 2.85. The number of benzene rings is 1. The van der Waals surface area contributed by atoms with E-state index in [4.69, 9.17) is 5.26 Å². The normalized spacial score (nSPS) is 10.0. The van der Waals surface area contributed by atoms with Gasteiger partial charge in [0.05, 0.1) is 11.3 Å². The zero-order valence-corrected chi connectivity index (χ0v) is 10.4. The van der Waals surface area contributed by atoms with Crippen LogP contribution in [0.2, 0.25) is 0 Å². The Balaban J connectivity index is 2.72. The Kier molecular flexibility index (Phi) is 3.40. The Morgan fingerprint density at radius 1 is 1.39 bits per heavy atom. The van der Waals surface area contributed by atoms with Gasteiger partial charge in [0.15, 0.2) is 0 Å². The minimum atomic E-state index is -0.993. The number of hydrogen-bond acceptors (Lipinski definition) is 3. The zero-order chi connectivity index (χ0) is 13.1. The molecule has 1 aromatic carbocycles. The van der Waals surface area contributed by atoms with Gasteiger partial charge in [0.25, 0.3) is 0 Å². The van der Waals surface area contributed by atoms with E-state index in [9.17, 15) is 9.90 Å². The molecule has 0 fully saturated rings. The summed E-state index contributed by atoms with van der Waals surface area (Å²) >= 11 is 1.37. The fourth-order valence-corrected chi connectivity index (χ4v) is 2.40. The van der Waals surface area contributed by atoms with Crippen molar-refractivity contribution < 1.29 is 9.90 Å². The highest BCUT2D eigenvalue weighted by Gasteiger charge is 2.17. The van der Waals surface area contributed by atoms with Crippen LogP contribution in [0.4, 0.5) is 0 Å². The number of nitrogens with zero attached hydrogens (tertiary/aromatic N) is 2. The third-order valence-corrected chi connectivity index (χ3v) is 3.34. The van der Waals surface area contributed by atoms with Gasteiger partial charge in [0, 0.05) is 11.1 Å². The number of carboxylic acids is 1. The quantitative estimate of drug-likeness (QED) is 0.860. The molecule has 2 rings (SSSR count).